The van der Waals surface area contributed by atoms with Crippen LogP contribution < -0.4 is 9.62 Å². The normalized spacial score (nSPS) is 11.2. The third kappa shape index (κ3) is 4.66. The Kier molecular flexibility index (Phi) is 6.48. The van der Waals surface area contributed by atoms with E-state index in [4.69, 9.17) is 4.74 Å². The Balaban J connectivity index is 2.07. The van der Waals surface area contributed by atoms with Gasteiger partial charge in [-0.15, -0.1) is 11.3 Å². The highest BCUT2D eigenvalue weighted by Gasteiger charge is 2.30. The molecule has 8 heteroatoms. The number of nitrogens with one attached hydrogen (secondary N) is 1. The van der Waals surface area contributed by atoms with E-state index in [-0.39, 0.29) is 16.4 Å². The van der Waals surface area contributed by atoms with Crippen LogP contribution in [-0.2, 0) is 14.8 Å². The predicted octanol–water partition coefficient (Wildman–Crippen LogP) is 4.77. The summed E-state index contributed by atoms with van der Waals surface area (Å²) in [6.07, 6.45) is 0. The van der Waals surface area contributed by atoms with Crippen LogP contribution in [0.1, 0.15) is 22.2 Å². The highest BCUT2D eigenvalue weighted by Crippen LogP contribution is 2.37. The molecule has 1 aromatic heterocycles. The fraction of sp³-hybridized carbons (Fsp3) is 0.227. The number of hydrogen-bond donors (Lipinski definition) is 1. The van der Waals surface area contributed by atoms with Crippen molar-refractivity contribution in [3.05, 3.63) is 64.4 Å². The molecule has 1 N–H and O–H groups in total. The Bertz CT molecular complexity index is 1130. The number of carbonyl (C=O) groups excluding carboxylic acids is 1. The Hall–Kier alpha value is -2.84. The van der Waals surface area contributed by atoms with Gasteiger partial charge in [0.05, 0.1) is 6.61 Å². The Morgan fingerprint density at radius 2 is 1.70 bits per heavy atom. The molecule has 0 fully saturated rings. The summed E-state index contributed by atoms with van der Waals surface area (Å²) in [5.41, 5.74) is 3.61. The van der Waals surface area contributed by atoms with E-state index in [0.717, 1.165) is 28.2 Å². The molecule has 1 heterocycles. The number of nitrogens with zero attached hydrogens (tertiary/aromatic N) is 1. The number of esters is 1. The van der Waals surface area contributed by atoms with E-state index in [9.17, 15) is 13.2 Å². The van der Waals surface area contributed by atoms with Crippen LogP contribution >= 0.6 is 11.3 Å². The molecule has 0 spiro atoms. The Morgan fingerprint density at radius 1 is 1.07 bits per heavy atom. The van der Waals surface area contributed by atoms with Crippen LogP contribution in [0.5, 0.6) is 0 Å². The van der Waals surface area contributed by atoms with Crippen molar-refractivity contribution in [1.82, 2.24) is 0 Å². The van der Waals surface area contributed by atoms with Crippen LogP contribution in [0.2, 0.25) is 0 Å². The number of anilines is 2. The fourth-order valence-corrected chi connectivity index (χ4v) is 5.67. The van der Waals surface area contributed by atoms with Crippen molar-refractivity contribution in [3.63, 3.8) is 0 Å². The van der Waals surface area contributed by atoms with Crippen molar-refractivity contribution in [2.24, 2.45) is 0 Å². The SMILES string of the molecule is CCOC(=O)c1scc(-c2ccc(C)cc2)c1S(=O)(=O)Nc1ccc(N(C)C)cc1. The van der Waals surface area contributed by atoms with Gasteiger partial charge in [-0.1, -0.05) is 29.8 Å². The number of ether oxygens (including phenoxy) is 1. The first-order chi connectivity index (χ1) is 14.2. The van der Waals surface area contributed by atoms with E-state index in [0.29, 0.717) is 11.3 Å². The molecule has 0 aliphatic rings. The van der Waals surface area contributed by atoms with E-state index < -0.39 is 16.0 Å². The topological polar surface area (TPSA) is 75.7 Å². The molecule has 3 rings (SSSR count). The zero-order valence-corrected chi connectivity index (χ0v) is 18.9. The van der Waals surface area contributed by atoms with E-state index >= 15 is 0 Å². The minimum atomic E-state index is -4.04. The zero-order valence-electron chi connectivity index (χ0n) is 17.3. The second-order valence-electron chi connectivity index (χ2n) is 6.94. The van der Waals surface area contributed by atoms with Crippen LogP contribution in [0.4, 0.5) is 11.4 Å². The third-order valence-electron chi connectivity index (χ3n) is 4.47. The van der Waals surface area contributed by atoms with E-state index in [1.807, 2.05) is 62.3 Å². The summed E-state index contributed by atoms with van der Waals surface area (Å²) in [5.74, 6) is -0.649. The van der Waals surface area contributed by atoms with Crippen molar-refractivity contribution < 1.29 is 17.9 Å². The molecular formula is C22H24N2O4S2. The lowest BCUT2D eigenvalue weighted by Crippen LogP contribution is -2.17. The molecule has 0 aliphatic carbocycles. The van der Waals surface area contributed by atoms with Gasteiger partial charge in [-0.2, -0.15) is 0 Å². The molecule has 0 amide bonds. The number of aryl methyl sites for hydroxylation is 1. The van der Waals surface area contributed by atoms with E-state index in [1.54, 1.807) is 24.4 Å². The van der Waals surface area contributed by atoms with Crippen LogP contribution in [0.25, 0.3) is 11.1 Å². The van der Waals surface area contributed by atoms with E-state index in [1.165, 1.54) is 0 Å². The number of hydrogen-bond acceptors (Lipinski definition) is 6. The lowest BCUT2D eigenvalue weighted by Gasteiger charge is -2.14. The average Bonchev–Trinajstić information content (AvgIpc) is 3.15. The number of carbonyl (C=O) groups is 1. The first-order valence-electron chi connectivity index (χ1n) is 9.38. The molecule has 3 aromatic rings. The number of rotatable bonds is 7. The predicted molar refractivity (Wildman–Crippen MR) is 122 cm³/mol. The molecule has 2 aromatic carbocycles. The van der Waals surface area contributed by atoms with Crippen LogP contribution in [-0.4, -0.2) is 35.1 Å². The van der Waals surface area contributed by atoms with Gasteiger partial charge in [-0.25, -0.2) is 13.2 Å². The summed E-state index contributed by atoms with van der Waals surface area (Å²) >= 11 is 1.07. The van der Waals surface area contributed by atoms with Gasteiger partial charge >= 0.3 is 5.97 Å². The van der Waals surface area contributed by atoms with Gasteiger partial charge in [0.1, 0.15) is 9.77 Å². The number of sulfonamides is 1. The fourth-order valence-electron chi connectivity index (χ4n) is 2.92. The Labute approximate surface area is 181 Å². The maximum atomic E-state index is 13.3. The first kappa shape index (κ1) is 21.9. The van der Waals surface area contributed by atoms with Crippen molar-refractivity contribution in [2.45, 2.75) is 18.7 Å². The minimum Gasteiger partial charge on any atom is -0.462 e. The molecule has 6 nitrogen and oxygen atoms in total. The van der Waals surface area contributed by atoms with Crippen LogP contribution in [0, 0.1) is 6.92 Å². The summed E-state index contributed by atoms with van der Waals surface area (Å²) < 4.78 is 34.4. The largest absolute Gasteiger partial charge is 0.462 e. The minimum absolute atomic E-state index is 0.0600. The van der Waals surface area contributed by atoms with Crippen LogP contribution in [0.15, 0.2) is 58.8 Å². The third-order valence-corrected chi connectivity index (χ3v) is 7.03. The van der Waals surface area contributed by atoms with Gasteiger partial charge < -0.3 is 9.64 Å². The monoisotopic (exact) mass is 444 g/mol. The summed E-state index contributed by atoms with van der Waals surface area (Å²) in [5, 5.41) is 1.68. The number of benzene rings is 2. The van der Waals surface area contributed by atoms with Crippen molar-refractivity contribution >= 4 is 38.7 Å². The molecule has 30 heavy (non-hydrogen) atoms. The molecule has 0 saturated carbocycles. The summed E-state index contributed by atoms with van der Waals surface area (Å²) in [7, 11) is -0.227. The van der Waals surface area contributed by atoms with Crippen molar-refractivity contribution in [1.29, 1.82) is 0 Å². The second-order valence-corrected chi connectivity index (χ2v) is 9.44. The second kappa shape index (κ2) is 8.89. The van der Waals surface area contributed by atoms with Gasteiger partial charge in [-0.05, 0) is 43.7 Å². The highest BCUT2D eigenvalue weighted by atomic mass is 32.2. The van der Waals surface area contributed by atoms with Crippen molar-refractivity contribution in [3.8, 4) is 11.1 Å². The molecular weight excluding hydrogens is 420 g/mol. The summed E-state index contributed by atoms with van der Waals surface area (Å²) in [4.78, 5) is 14.4. The first-order valence-corrected chi connectivity index (χ1v) is 11.7. The maximum absolute atomic E-state index is 13.3. The van der Waals surface area contributed by atoms with E-state index in [2.05, 4.69) is 4.72 Å². The van der Waals surface area contributed by atoms with Gasteiger partial charge in [0.2, 0.25) is 0 Å². The van der Waals surface area contributed by atoms with Gasteiger partial charge in [0.25, 0.3) is 10.0 Å². The lowest BCUT2D eigenvalue weighted by atomic mass is 10.1. The highest BCUT2D eigenvalue weighted by molar-refractivity contribution is 7.93. The van der Waals surface area contributed by atoms with Gasteiger partial charge in [-0.3, -0.25) is 4.72 Å². The lowest BCUT2D eigenvalue weighted by molar-refractivity contribution is 0.0528. The molecule has 0 radical (unpaired) electrons. The van der Waals surface area contributed by atoms with Gasteiger partial charge in [0, 0.05) is 36.4 Å². The average molecular weight is 445 g/mol. The zero-order chi connectivity index (χ0) is 21.9. The molecule has 0 aliphatic heterocycles. The smallest absolute Gasteiger partial charge is 0.349 e. The summed E-state index contributed by atoms with van der Waals surface area (Å²) in [6.45, 7) is 3.80. The Morgan fingerprint density at radius 3 is 2.27 bits per heavy atom. The standard InChI is InChI=1S/C22H24N2O4S2/c1-5-28-22(25)20-21(19(14-29-20)16-8-6-15(2)7-9-16)30(26,27)23-17-10-12-18(13-11-17)24(3)4/h6-14,23H,5H2,1-4H3. The molecule has 0 saturated heterocycles. The molecule has 0 atom stereocenters. The van der Waals surface area contributed by atoms with Gasteiger partial charge in [0.15, 0.2) is 0 Å². The number of thiophene rings is 1. The molecule has 158 valence electrons. The summed E-state index contributed by atoms with van der Waals surface area (Å²) in [6, 6.07) is 14.5. The van der Waals surface area contributed by atoms with Crippen LogP contribution in [0.3, 0.4) is 0 Å². The maximum Gasteiger partial charge on any atom is 0.349 e. The quantitative estimate of drug-likeness (QED) is 0.532. The molecule has 0 unspecified atom stereocenters. The molecule has 0 bridgehead atoms. The van der Waals surface area contributed by atoms with Crippen molar-refractivity contribution in [2.75, 3.05) is 30.3 Å².